The molecule has 9 heteroatoms. The zero-order chi connectivity index (χ0) is 26.2. The van der Waals surface area contributed by atoms with Gasteiger partial charge in [0, 0.05) is 22.9 Å². The Morgan fingerprint density at radius 3 is 2.79 bits per heavy atom. The number of aromatic amines is 1. The molecule has 192 valence electrons. The fourth-order valence-corrected chi connectivity index (χ4v) is 5.15. The molecule has 0 spiro atoms. The molecule has 1 fully saturated rings. The molecular formula is C29H28N6O3. The summed E-state index contributed by atoms with van der Waals surface area (Å²) in [6.45, 7) is 1.96. The van der Waals surface area contributed by atoms with Gasteiger partial charge in [0.25, 0.3) is 5.91 Å². The Hall–Kier alpha value is -4.66. The number of ether oxygens (including phenoxy) is 1. The summed E-state index contributed by atoms with van der Waals surface area (Å²) in [5.41, 5.74) is 4.98. The van der Waals surface area contributed by atoms with Gasteiger partial charge in [-0.3, -0.25) is 4.79 Å². The van der Waals surface area contributed by atoms with E-state index in [2.05, 4.69) is 20.4 Å². The molecule has 0 saturated heterocycles. The summed E-state index contributed by atoms with van der Waals surface area (Å²) in [6, 6.07) is 14.7. The Kier molecular flexibility index (Phi) is 6.03. The van der Waals surface area contributed by atoms with Gasteiger partial charge < -0.3 is 20.1 Å². The molecule has 1 aliphatic rings. The molecule has 3 heterocycles. The molecule has 38 heavy (non-hydrogen) atoms. The predicted molar refractivity (Wildman–Crippen MR) is 145 cm³/mol. The fourth-order valence-electron chi connectivity index (χ4n) is 5.15. The van der Waals surface area contributed by atoms with Crippen LogP contribution in [0.5, 0.6) is 11.6 Å². The van der Waals surface area contributed by atoms with Crippen LogP contribution in [0.2, 0.25) is 0 Å². The van der Waals surface area contributed by atoms with Gasteiger partial charge in [-0.15, -0.1) is 0 Å². The van der Waals surface area contributed by atoms with Crippen molar-refractivity contribution in [2.75, 3.05) is 12.4 Å². The van der Waals surface area contributed by atoms with Crippen LogP contribution >= 0.6 is 0 Å². The summed E-state index contributed by atoms with van der Waals surface area (Å²) >= 11 is 0. The highest BCUT2D eigenvalue weighted by Gasteiger charge is 2.23. The molecule has 0 radical (unpaired) electrons. The monoisotopic (exact) mass is 508 g/mol. The summed E-state index contributed by atoms with van der Waals surface area (Å²) in [5.74, 6) is 1.61. The second-order valence-corrected chi connectivity index (χ2v) is 9.62. The maximum Gasteiger partial charge on any atom is 0.256 e. The number of hydrogen-bond acceptors (Lipinski definition) is 6. The van der Waals surface area contributed by atoms with Crippen LogP contribution in [0, 0.1) is 6.92 Å². The lowest BCUT2D eigenvalue weighted by Crippen LogP contribution is -2.18. The zero-order valence-corrected chi connectivity index (χ0v) is 21.2. The van der Waals surface area contributed by atoms with Crippen molar-refractivity contribution in [1.29, 1.82) is 0 Å². The number of imidazole rings is 1. The molecule has 6 rings (SSSR count). The fraction of sp³-hybridized carbons (Fsp3) is 0.241. The normalized spacial score (nSPS) is 13.7. The van der Waals surface area contributed by atoms with Gasteiger partial charge in [0.15, 0.2) is 0 Å². The number of carbonyl (C=O) groups is 1. The van der Waals surface area contributed by atoms with Crippen LogP contribution in [0.1, 0.15) is 47.6 Å². The Morgan fingerprint density at radius 1 is 1.13 bits per heavy atom. The Balaban J connectivity index is 1.30. The van der Waals surface area contributed by atoms with Crippen LogP contribution < -0.4 is 10.1 Å². The second-order valence-electron chi connectivity index (χ2n) is 9.62. The first-order valence-electron chi connectivity index (χ1n) is 12.7. The molecule has 0 aliphatic heterocycles. The van der Waals surface area contributed by atoms with Crippen LogP contribution in [0.25, 0.3) is 33.5 Å². The van der Waals surface area contributed by atoms with Gasteiger partial charge in [0.05, 0.1) is 35.9 Å². The van der Waals surface area contributed by atoms with Crippen molar-refractivity contribution >= 4 is 22.8 Å². The number of pyridine rings is 1. The largest absolute Gasteiger partial charge is 0.507 e. The van der Waals surface area contributed by atoms with Gasteiger partial charge in [-0.2, -0.15) is 5.10 Å². The van der Waals surface area contributed by atoms with Gasteiger partial charge in [-0.1, -0.05) is 18.9 Å². The minimum atomic E-state index is -0.215. The van der Waals surface area contributed by atoms with E-state index in [0.717, 1.165) is 40.9 Å². The van der Waals surface area contributed by atoms with E-state index in [9.17, 15) is 9.90 Å². The highest BCUT2D eigenvalue weighted by Crippen LogP contribution is 2.36. The molecule has 1 saturated carbocycles. The predicted octanol–water partition coefficient (Wildman–Crippen LogP) is 5.88. The zero-order valence-electron chi connectivity index (χ0n) is 21.2. The van der Waals surface area contributed by atoms with Gasteiger partial charge in [0.2, 0.25) is 5.88 Å². The van der Waals surface area contributed by atoms with E-state index >= 15 is 0 Å². The average Bonchev–Trinajstić information content (AvgIpc) is 3.69. The van der Waals surface area contributed by atoms with Gasteiger partial charge in [-0.25, -0.2) is 14.6 Å². The topological polar surface area (TPSA) is 118 Å². The first-order valence-corrected chi connectivity index (χ1v) is 12.7. The standard InChI is InChI=1S/C29H28N6O3/c1-17-16-31-35(20-6-3-4-7-20)27(17)34-28(37)19-9-11-23-24(15-19)33-26(32-23)22-14-18(10-12-25(22)36)21-8-5-13-30-29(21)38-2/h5,8-16,20,36H,3-4,6-7H2,1-2H3,(H,32,33)(H,34,37). The molecule has 2 aromatic carbocycles. The number of nitrogens with zero attached hydrogens (tertiary/aromatic N) is 4. The number of phenols is 1. The number of hydrogen-bond donors (Lipinski definition) is 3. The minimum absolute atomic E-state index is 0.0873. The van der Waals surface area contributed by atoms with E-state index in [1.807, 2.05) is 41.9 Å². The van der Waals surface area contributed by atoms with Crippen molar-refractivity contribution in [2.45, 2.75) is 38.6 Å². The number of phenolic OH excluding ortho intramolecular Hbond substituents is 1. The van der Waals surface area contributed by atoms with Crippen LogP contribution in [0.15, 0.2) is 60.9 Å². The number of amides is 1. The van der Waals surface area contributed by atoms with Crippen LogP contribution in [-0.2, 0) is 0 Å². The molecule has 0 bridgehead atoms. The first kappa shape index (κ1) is 23.7. The van der Waals surface area contributed by atoms with Gasteiger partial charge >= 0.3 is 0 Å². The van der Waals surface area contributed by atoms with E-state index in [1.165, 1.54) is 12.8 Å². The van der Waals surface area contributed by atoms with Crippen molar-refractivity contribution in [1.82, 2.24) is 24.7 Å². The van der Waals surface area contributed by atoms with Gasteiger partial charge in [-0.05, 0) is 67.8 Å². The molecule has 3 N–H and O–H groups in total. The molecule has 1 aliphatic carbocycles. The number of methoxy groups -OCH3 is 1. The Morgan fingerprint density at radius 2 is 1.97 bits per heavy atom. The first-order chi connectivity index (χ1) is 18.5. The number of nitrogens with one attached hydrogen (secondary N) is 2. The average molecular weight is 509 g/mol. The lowest BCUT2D eigenvalue weighted by molar-refractivity contribution is 0.102. The number of anilines is 1. The van der Waals surface area contributed by atoms with Crippen molar-refractivity contribution in [2.24, 2.45) is 0 Å². The molecule has 1 amide bonds. The van der Waals surface area contributed by atoms with Crippen molar-refractivity contribution < 1.29 is 14.6 Å². The third-order valence-corrected chi connectivity index (χ3v) is 7.15. The number of benzene rings is 2. The van der Waals surface area contributed by atoms with Crippen LogP contribution in [-0.4, -0.2) is 42.9 Å². The Bertz CT molecular complexity index is 1650. The number of H-pyrrole nitrogens is 1. The van der Waals surface area contributed by atoms with E-state index in [0.29, 0.717) is 34.4 Å². The lowest BCUT2D eigenvalue weighted by Gasteiger charge is -2.15. The number of carbonyl (C=O) groups excluding carboxylic acids is 1. The minimum Gasteiger partial charge on any atom is -0.507 e. The molecular weight excluding hydrogens is 480 g/mol. The van der Waals surface area contributed by atoms with Gasteiger partial charge in [0.1, 0.15) is 17.4 Å². The highest BCUT2D eigenvalue weighted by atomic mass is 16.5. The number of aryl methyl sites for hydroxylation is 1. The number of fused-ring (bicyclic) bond motifs is 1. The Labute approximate surface area is 219 Å². The molecule has 0 atom stereocenters. The smallest absolute Gasteiger partial charge is 0.256 e. The molecule has 3 aromatic heterocycles. The number of aromatic hydroxyl groups is 1. The third-order valence-electron chi connectivity index (χ3n) is 7.15. The lowest BCUT2D eigenvalue weighted by atomic mass is 10.0. The van der Waals surface area contributed by atoms with Crippen LogP contribution in [0.3, 0.4) is 0 Å². The summed E-state index contributed by atoms with van der Waals surface area (Å²) in [5, 5.41) is 18.2. The van der Waals surface area contributed by atoms with Crippen molar-refractivity contribution in [3.8, 4) is 34.1 Å². The van der Waals surface area contributed by atoms with E-state index < -0.39 is 0 Å². The molecule has 9 nitrogen and oxygen atoms in total. The summed E-state index contributed by atoms with van der Waals surface area (Å²) in [7, 11) is 1.57. The summed E-state index contributed by atoms with van der Waals surface area (Å²) in [6.07, 6.45) is 7.99. The number of aromatic nitrogens is 5. The SMILES string of the molecule is COc1ncccc1-c1ccc(O)c(-c2nc3cc(C(=O)Nc4c(C)cnn4C4CCCC4)ccc3[nH]2)c1. The maximum atomic E-state index is 13.2. The van der Waals surface area contributed by atoms with E-state index in [4.69, 9.17) is 9.72 Å². The van der Waals surface area contributed by atoms with Crippen molar-refractivity contribution in [3.05, 3.63) is 72.1 Å². The maximum absolute atomic E-state index is 13.2. The summed E-state index contributed by atoms with van der Waals surface area (Å²) in [4.78, 5) is 25.4. The van der Waals surface area contributed by atoms with Crippen molar-refractivity contribution in [3.63, 3.8) is 0 Å². The van der Waals surface area contributed by atoms with E-state index in [1.54, 1.807) is 37.7 Å². The number of rotatable bonds is 6. The van der Waals surface area contributed by atoms with Crippen LogP contribution in [0.4, 0.5) is 5.82 Å². The third kappa shape index (κ3) is 4.26. The second kappa shape index (κ2) is 9.66. The quantitative estimate of drug-likeness (QED) is 0.264. The highest BCUT2D eigenvalue weighted by molar-refractivity contribution is 6.06. The van der Waals surface area contributed by atoms with E-state index in [-0.39, 0.29) is 11.7 Å². The molecule has 5 aromatic rings. The molecule has 0 unspecified atom stereocenters. The summed E-state index contributed by atoms with van der Waals surface area (Å²) < 4.78 is 7.36.